The minimum atomic E-state index is -4.65. The molecule has 2 atom stereocenters. The van der Waals surface area contributed by atoms with Crippen LogP contribution < -0.4 is 0 Å². The van der Waals surface area contributed by atoms with Gasteiger partial charge in [0.05, 0.1) is 13.2 Å². The maximum Gasteiger partial charge on any atom is 0.297 e. The fourth-order valence-corrected chi connectivity index (χ4v) is 1.76. The third kappa shape index (κ3) is 1.46. The third-order valence-electron chi connectivity index (χ3n) is 1.85. The molecule has 0 aliphatic carbocycles. The maximum atomic E-state index is 10.6. The summed E-state index contributed by atoms with van der Waals surface area (Å²) >= 11 is 0. The number of aliphatic hydroxyl groups is 2. The Morgan fingerprint density at radius 2 is 2.08 bits per heavy atom. The van der Waals surface area contributed by atoms with Gasteiger partial charge in [0, 0.05) is 6.42 Å². The molecule has 0 aromatic heterocycles. The molecule has 7 heteroatoms. The van der Waals surface area contributed by atoms with Crippen molar-refractivity contribution in [3.63, 3.8) is 0 Å². The van der Waals surface area contributed by atoms with E-state index in [9.17, 15) is 13.5 Å². The zero-order chi connectivity index (χ0) is 9.41. The predicted molar refractivity (Wildman–Crippen MR) is 37.9 cm³/mol. The molecule has 1 rings (SSSR count). The summed E-state index contributed by atoms with van der Waals surface area (Å²) in [4.78, 5) is -2.47. The molecule has 1 heterocycles. The van der Waals surface area contributed by atoms with Crippen LogP contribution in [-0.2, 0) is 14.9 Å². The molecule has 0 saturated carbocycles. The summed E-state index contributed by atoms with van der Waals surface area (Å²) in [6, 6.07) is 0. The van der Waals surface area contributed by atoms with Gasteiger partial charge in [-0.25, -0.2) is 0 Å². The van der Waals surface area contributed by atoms with Crippen LogP contribution in [0.1, 0.15) is 6.42 Å². The molecule has 0 unspecified atom stereocenters. The van der Waals surface area contributed by atoms with E-state index < -0.39 is 21.2 Å². The third-order valence-corrected chi connectivity index (χ3v) is 3.22. The summed E-state index contributed by atoms with van der Waals surface area (Å²) in [7, 11) is -4.65. The Morgan fingerprint density at radius 1 is 1.50 bits per heavy atom. The Morgan fingerprint density at radius 3 is 2.42 bits per heavy atom. The summed E-state index contributed by atoms with van der Waals surface area (Å²) < 4.78 is 34.5. The van der Waals surface area contributed by atoms with Gasteiger partial charge in [-0.15, -0.1) is 0 Å². The van der Waals surface area contributed by atoms with Gasteiger partial charge in [-0.1, -0.05) is 0 Å². The van der Waals surface area contributed by atoms with Gasteiger partial charge < -0.3 is 14.9 Å². The molecule has 0 aromatic rings. The maximum absolute atomic E-state index is 10.6. The molecular formula is C5H10O6S. The highest BCUT2D eigenvalue weighted by Crippen LogP contribution is 2.25. The van der Waals surface area contributed by atoms with E-state index in [1.165, 1.54) is 0 Å². The van der Waals surface area contributed by atoms with Crippen LogP contribution in [0.15, 0.2) is 0 Å². The highest BCUT2D eigenvalue weighted by molar-refractivity contribution is 7.87. The number of rotatable bonds is 1. The van der Waals surface area contributed by atoms with Crippen molar-refractivity contribution in [3.05, 3.63) is 0 Å². The average Bonchev–Trinajstić information content (AvgIpc) is 1.93. The molecule has 0 aromatic carbocycles. The largest absolute Gasteiger partial charge is 0.386 e. The molecule has 6 nitrogen and oxygen atoms in total. The summed E-state index contributed by atoms with van der Waals surface area (Å²) in [6.07, 6.45) is -1.92. The van der Waals surface area contributed by atoms with Crippen molar-refractivity contribution in [2.24, 2.45) is 0 Å². The summed E-state index contributed by atoms with van der Waals surface area (Å²) in [5.74, 6) is 0. The van der Waals surface area contributed by atoms with Crippen molar-refractivity contribution in [1.82, 2.24) is 0 Å². The van der Waals surface area contributed by atoms with E-state index in [0.29, 0.717) is 0 Å². The standard InChI is InChI=1S/C5H10O6S/c6-4-3-11-2-1-5(4,7)12(8,9)10/h4,6-7H,1-3H2,(H,8,9,10)/t4-,5+/m1/s1. The van der Waals surface area contributed by atoms with Crippen molar-refractivity contribution in [2.45, 2.75) is 17.5 Å². The van der Waals surface area contributed by atoms with Gasteiger partial charge in [-0.05, 0) is 0 Å². The first-order valence-corrected chi connectivity index (χ1v) is 4.77. The molecule has 1 aliphatic heterocycles. The zero-order valence-corrected chi connectivity index (χ0v) is 6.99. The zero-order valence-electron chi connectivity index (χ0n) is 6.17. The predicted octanol–water partition coefficient (Wildman–Crippen LogP) is -1.66. The Labute approximate surface area is 69.5 Å². The molecule has 0 radical (unpaired) electrons. The normalized spacial score (nSPS) is 38.1. The van der Waals surface area contributed by atoms with Crippen LogP contribution in [0.3, 0.4) is 0 Å². The summed E-state index contributed by atoms with van der Waals surface area (Å²) in [5.41, 5.74) is 0. The van der Waals surface area contributed by atoms with Gasteiger partial charge in [0.2, 0.25) is 4.93 Å². The fourth-order valence-electron chi connectivity index (χ4n) is 1.01. The second-order valence-corrected chi connectivity index (χ2v) is 4.32. The van der Waals surface area contributed by atoms with Crippen LogP contribution in [0.25, 0.3) is 0 Å². The summed E-state index contributed by atoms with van der Waals surface area (Å²) in [6.45, 7) is -0.302. The lowest BCUT2D eigenvalue weighted by molar-refractivity contribution is -0.111. The van der Waals surface area contributed by atoms with Crippen LogP contribution in [-0.4, -0.2) is 47.4 Å². The lowest BCUT2D eigenvalue weighted by Crippen LogP contribution is -2.54. The van der Waals surface area contributed by atoms with Crippen molar-refractivity contribution >= 4 is 10.1 Å². The van der Waals surface area contributed by atoms with Crippen molar-refractivity contribution < 1.29 is 27.9 Å². The SMILES string of the molecule is O=S(=O)(O)[C@@]1(O)CCOC[C@H]1O. The molecule has 1 saturated heterocycles. The first-order chi connectivity index (χ1) is 5.38. The molecule has 0 spiro atoms. The van der Waals surface area contributed by atoms with Crippen molar-refractivity contribution in [3.8, 4) is 0 Å². The lowest BCUT2D eigenvalue weighted by atomic mass is 10.1. The van der Waals surface area contributed by atoms with Gasteiger partial charge >= 0.3 is 0 Å². The molecule has 1 fully saturated rings. The molecule has 0 bridgehead atoms. The molecular weight excluding hydrogens is 188 g/mol. The minimum Gasteiger partial charge on any atom is -0.386 e. The monoisotopic (exact) mass is 198 g/mol. The van der Waals surface area contributed by atoms with Gasteiger partial charge in [0.15, 0.2) is 0 Å². The number of hydrogen-bond donors (Lipinski definition) is 3. The summed E-state index contributed by atoms with van der Waals surface area (Å²) in [5, 5.41) is 18.4. The molecule has 0 amide bonds. The second-order valence-electron chi connectivity index (χ2n) is 2.66. The van der Waals surface area contributed by atoms with E-state index in [4.69, 9.17) is 9.66 Å². The van der Waals surface area contributed by atoms with Crippen LogP contribution in [0, 0.1) is 0 Å². The van der Waals surface area contributed by atoms with E-state index in [-0.39, 0.29) is 19.6 Å². The Kier molecular flexibility index (Phi) is 2.41. The van der Waals surface area contributed by atoms with E-state index in [2.05, 4.69) is 4.74 Å². The van der Waals surface area contributed by atoms with Gasteiger partial charge in [0.25, 0.3) is 10.1 Å². The van der Waals surface area contributed by atoms with Gasteiger partial charge in [-0.3, -0.25) is 4.55 Å². The quantitative estimate of drug-likeness (QED) is 0.436. The average molecular weight is 198 g/mol. The van der Waals surface area contributed by atoms with Crippen molar-refractivity contribution in [2.75, 3.05) is 13.2 Å². The van der Waals surface area contributed by atoms with E-state index in [1.54, 1.807) is 0 Å². The van der Waals surface area contributed by atoms with Crippen LogP contribution >= 0.6 is 0 Å². The fraction of sp³-hybridized carbons (Fsp3) is 1.00. The van der Waals surface area contributed by atoms with Crippen LogP contribution in [0.5, 0.6) is 0 Å². The number of ether oxygens (including phenoxy) is 1. The highest BCUT2D eigenvalue weighted by atomic mass is 32.2. The first kappa shape index (κ1) is 9.87. The van der Waals surface area contributed by atoms with Gasteiger partial charge in [-0.2, -0.15) is 8.42 Å². The van der Waals surface area contributed by atoms with E-state index in [1.807, 2.05) is 0 Å². The molecule has 12 heavy (non-hydrogen) atoms. The van der Waals surface area contributed by atoms with E-state index >= 15 is 0 Å². The Hall–Kier alpha value is -0.210. The number of hydrogen-bond acceptors (Lipinski definition) is 5. The molecule has 1 aliphatic rings. The Bertz CT molecular complexity index is 259. The van der Waals surface area contributed by atoms with Gasteiger partial charge in [0.1, 0.15) is 6.10 Å². The van der Waals surface area contributed by atoms with Crippen LogP contribution in [0.2, 0.25) is 0 Å². The first-order valence-electron chi connectivity index (χ1n) is 3.33. The number of aliphatic hydroxyl groups excluding tert-OH is 1. The Balaban J connectivity index is 2.95. The van der Waals surface area contributed by atoms with Crippen molar-refractivity contribution in [1.29, 1.82) is 0 Å². The topological polar surface area (TPSA) is 104 Å². The van der Waals surface area contributed by atoms with E-state index in [0.717, 1.165) is 0 Å². The minimum absolute atomic E-state index is 0.00660. The van der Waals surface area contributed by atoms with Crippen LogP contribution in [0.4, 0.5) is 0 Å². The lowest BCUT2D eigenvalue weighted by Gasteiger charge is -2.33. The molecule has 72 valence electrons. The molecule has 3 N–H and O–H groups in total. The smallest absolute Gasteiger partial charge is 0.297 e. The highest BCUT2D eigenvalue weighted by Gasteiger charge is 2.49. The second kappa shape index (κ2) is 2.93.